The standard InChI is InChI=1S/C15H11BrF3NO2/c16-13-4-2-1-3-12(13)14(21)20-9-10-5-7-11(8-6-10)22-15(17,18)19/h1-8H,9H2,(H,20,21). The molecule has 2 aromatic carbocycles. The number of halogens is 4. The Balaban J connectivity index is 1.95. The van der Waals surface area contributed by atoms with Gasteiger partial charge in [-0.2, -0.15) is 0 Å². The lowest BCUT2D eigenvalue weighted by Crippen LogP contribution is -2.23. The van der Waals surface area contributed by atoms with Crippen molar-refractivity contribution < 1.29 is 22.7 Å². The van der Waals surface area contributed by atoms with Crippen LogP contribution in [0.3, 0.4) is 0 Å². The molecule has 3 nitrogen and oxygen atoms in total. The van der Waals surface area contributed by atoms with Crippen molar-refractivity contribution in [2.75, 3.05) is 0 Å². The van der Waals surface area contributed by atoms with Crippen molar-refractivity contribution in [3.63, 3.8) is 0 Å². The Bertz CT molecular complexity index is 657. The third-order valence-electron chi connectivity index (χ3n) is 2.73. The maximum absolute atomic E-state index is 12.0. The quantitative estimate of drug-likeness (QED) is 0.868. The van der Waals surface area contributed by atoms with Crippen molar-refractivity contribution in [1.82, 2.24) is 5.32 Å². The summed E-state index contributed by atoms with van der Waals surface area (Å²) in [4.78, 5) is 12.0. The number of carbonyl (C=O) groups excluding carboxylic acids is 1. The molecule has 22 heavy (non-hydrogen) atoms. The number of ether oxygens (including phenoxy) is 1. The molecule has 1 N–H and O–H groups in total. The van der Waals surface area contributed by atoms with Gasteiger partial charge in [0, 0.05) is 11.0 Å². The lowest BCUT2D eigenvalue weighted by Gasteiger charge is -2.10. The van der Waals surface area contributed by atoms with Crippen LogP contribution in [0.2, 0.25) is 0 Å². The van der Waals surface area contributed by atoms with Gasteiger partial charge in [-0.3, -0.25) is 4.79 Å². The molecule has 0 heterocycles. The van der Waals surface area contributed by atoms with E-state index in [1.165, 1.54) is 24.3 Å². The molecule has 1 amide bonds. The highest BCUT2D eigenvalue weighted by atomic mass is 79.9. The van der Waals surface area contributed by atoms with Gasteiger partial charge in [0.2, 0.25) is 0 Å². The zero-order chi connectivity index (χ0) is 16.2. The second kappa shape index (κ2) is 6.83. The highest BCUT2D eigenvalue weighted by molar-refractivity contribution is 9.10. The van der Waals surface area contributed by atoms with Crippen LogP contribution in [-0.2, 0) is 6.54 Å². The molecule has 0 aliphatic carbocycles. The third-order valence-corrected chi connectivity index (χ3v) is 3.42. The predicted octanol–water partition coefficient (Wildman–Crippen LogP) is 4.28. The van der Waals surface area contributed by atoms with E-state index >= 15 is 0 Å². The second-order valence-electron chi connectivity index (χ2n) is 4.35. The summed E-state index contributed by atoms with van der Waals surface area (Å²) in [5.41, 5.74) is 1.15. The first-order chi connectivity index (χ1) is 10.3. The Morgan fingerprint density at radius 1 is 1.09 bits per heavy atom. The largest absolute Gasteiger partial charge is 0.573 e. The average Bonchev–Trinajstić information content (AvgIpc) is 2.45. The molecule has 0 aromatic heterocycles. The molecule has 0 spiro atoms. The fraction of sp³-hybridized carbons (Fsp3) is 0.133. The third kappa shape index (κ3) is 4.77. The maximum Gasteiger partial charge on any atom is 0.573 e. The maximum atomic E-state index is 12.0. The van der Waals surface area contributed by atoms with E-state index < -0.39 is 6.36 Å². The molecule has 0 unspecified atom stereocenters. The molecule has 2 aromatic rings. The Labute approximate surface area is 133 Å². The van der Waals surface area contributed by atoms with Gasteiger partial charge in [-0.25, -0.2) is 0 Å². The summed E-state index contributed by atoms with van der Waals surface area (Å²) >= 11 is 3.28. The number of nitrogens with one attached hydrogen (secondary N) is 1. The van der Waals surface area contributed by atoms with E-state index in [-0.39, 0.29) is 18.2 Å². The summed E-state index contributed by atoms with van der Waals surface area (Å²) in [6.45, 7) is 0.201. The van der Waals surface area contributed by atoms with Gasteiger partial charge in [-0.1, -0.05) is 24.3 Å². The van der Waals surface area contributed by atoms with Gasteiger partial charge >= 0.3 is 6.36 Å². The van der Waals surface area contributed by atoms with Crippen molar-refractivity contribution in [2.45, 2.75) is 12.9 Å². The molecule has 7 heteroatoms. The lowest BCUT2D eigenvalue weighted by atomic mass is 10.2. The van der Waals surface area contributed by atoms with E-state index in [2.05, 4.69) is 26.0 Å². The monoisotopic (exact) mass is 373 g/mol. The second-order valence-corrected chi connectivity index (χ2v) is 5.21. The van der Waals surface area contributed by atoms with Crippen LogP contribution < -0.4 is 10.1 Å². The first-order valence-electron chi connectivity index (χ1n) is 6.22. The van der Waals surface area contributed by atoms with Crippen LogP contribution in [0.25, 0.3) is 0 Å². The molecular weight excluding hydrogens is 363 g/mol. The topological polar surface area (TPSA) is 38.3 Å². The van der Waals surface area contributed by atoms with Crippen LogP contribution in [0, 0.1) is 0 Å². The zero-order valence-electron chi connectivity index (χ0n) is 11.2. The minimum absolute atomic E-state index is 0.201. The molecule has 0 fully saturated rings. The van der Waals surface area contributed by atoms with Crippen LogP contribution in [0.5, 0.6) is 5.75 Å². The molecule has 0 atom stereocenters. The number of carbonyl (C=O) groups is 1. The van der Waals surface area contributed by atoms with Gasteiger partial charge in [0.05, 0.1) is 5.56 Å². The summed E-state index contributed by atoms with van der Waals surface area (Å²) < 4.78 is 40.6. The number of hydrogen-bond donors (Lipinski definition) is 1. The lowest BCUT2D eigenvalue weighted by molar-refractivity contribution is -0.274. The highest BCUT2D eigenvalue weighted by Crippen LogP contribution is 2.22. The van der Waals surface area contributed by atoms with Crippen molar-refractivity contribution >= 4 is 21.8 Å². The fourth-order valence-corrected chi connectivity index (χ4v) is 2.20. The average molecular weight is 374 g/mol. The van der Waals surface area contributed by atoms with Crippen LogP contribution in [-0.4, -0.2) is 12.3 Å². The van der Waals surface area contributed by atoms with Crippen molar-refractivity contribution in [3.8, 4) is 5.75 Å². The molecule has 116 valence electrons. The molecule has 2 rings (SSSR count). The van der Waals surface area contributed by atoms with E-state index in [4.69, 9.17) is 0 Å². The zero-order valence-corrected chi connectivity index (χ0v) is 12.7. The van der Waals surface area contributed by atoms with Gasteiger partial charge in [0.25, 0.3) is 5.91 Å². The minimum atomic E-state index is -4.71. The van der Waals surface area contributed by atoms with Gasteiger partial charge in [-0.05, 0) is 45.8 Å². The molecule has 0 radical (unpaired) electrons. The van der Waals surface area contributed by atoms with Crippen LogP contribution in [0.15, 0.2) is 53.0 Å². The van der Waals surface area contributed by atoms with Crippen molar-refractivity contribution in [1.29, 1.82) is 0 Å². The molecular formula is C15H11BrF3NO2. The van der Waals surface area contributed by atoms with E-state index in [1.54, 1.807) is 24.3 Å². The molecule has 0 saturated heterocycles. The summed E-state index contributed by atoms with van der Waals surface area (Å²) in [6, 6.07) is 12.3. The number of rotatable bonds is 4. The number of alkyl halides is 3. The van der Waals surface area contributed by atoms with E-state index in [0.717, 1.165) is 0 Å². The number of hydrogen-bond acceptors (Lipinski definition) is 2. The van der Waals surface area contributed by atoms with Crippen LogP contribution in [0.4, 0.5) is 13.2 Å². The first kappa shape index (κ1) is 16.4. The summed E-state index contributed by atoms with van der Waals surface area (Å²) in [5, 5.41) is 2.69. The first-order valence-corrected chi connectivity index (χ1v) is 7.02. The molecule has 0 aliphatic heterocycles. The molecule has 0 saturated carbocycles. The van der Waals surface area contributed by atoms with Crippen molar-refractivity contribution in [3.05, 3.63) is 64.1 Å². The normalized spacial score (nSPS) is 11.1. The fourth-order valence-electron chi connectivity index (χ4n) is 1.73. The highest BCUT2D eigenvalue weighted by Gasteiger charge is 2.30. The van der Waals surface area contributed by atoms with Gasteiger partial charge in [-0.15, -0.1) is 13.2 Å². The van der Waals surface area contributed by atoms with Crippen LogP contribution >= 0.6 is 15.9 Å². The minimum Gasteiger partial charge on any atom is -0.406 e. The summed E-state index contributed by atoms with van der Waals surface area (Å²) in [6.07, 6.45) is -4.71. The van der Waals surface area contributed by atoms with Crippen molar-refractivity contribution in [2.24, 2.45) is 0 Å². The number of benzene rings is 2. The molecule has 0 aliphatic rings. The van der Waals surface area contributed by atoms with E-state index in [0.29, 0.717) is 15.6 Å². The van der Waals surface area contributed by atoms with Crippen LogP contribution in [0.1, 0.15) is 15.9 Å². The summed E-state index contributed by atoms with van der Waals surface area (Å²) in [7, 11) is 0. The van der Waals surface area contributed by atoms with Gasteiger partial charge < -0.3 is 10.1 Å². The number of amides is 1. The Kier molecular flexibility index (Phi) is 5.07. The smallest absolute Gasteiger partial charge is 0.406 e. The van der Waals surface area contributed by atoms with E-state index in [1.807, 2.05) is 0 Å². The predicted molar refractivity (Wildman–Crippen MR) is 78.4 cm³/mol. The van der Waals surface area contributed by atoms with Gasteiger partial charge in [0.1, 0.15) is 5.75 Å². The van der Waals surface area contributed by atoms with Gasteiger partial charge in [0.15, 0.2) is 0 Å². The Morgan fingerprint density at radius 3 is 2.32 bits per heavy atom. The van der Waals surface area contributed by atoms with E-state index in [9.17, 15) is 18.0 Å². The molecule has 0 bridgehead atoms. The Morgan fingerprint density at radius 2 is 1.73 bits per heavy atom. The SMILES string of the molecule is O=C(NCc1ccc(OC(F)(F)F)cc1)c1ccccc1Br. The summed E-state index contributed by atoms with van der Waals surface area (Å²) in [5.74, 6) is -0.573. The Hall–Kier alpha value is -2.02.